The fourth-order valence-corrected chi connectivity index (χ4v) is 3.83. The Bertz CT molecular complexity index is 1210. The maximum absolute atomic E-state index is 2.31. The average molecular weight is 333 g/mol. The lowest BCUT2D eigenvalue weighted by Crippen LogP contribution is -1.86. The number of para-hydroxylation sites is 1. The SMILES string of the molecule is Cn1c2ccccc2c2cc(-c3ccc(-c4ccccc4)cc3)ccc21. The molecule has 0 aliphatic carbocycles. The number of rotatable bonds is 2. The monoisotopic (exact) mass is 333 g/mol. The molecule has 0 radical (unpaired) electrons. The van der Waals surface area contributed by atoms with Crippen molar-refractivity contribution in [2.24, 2.45) is 7.05 Å². The first-order chi connectivity index (χ1) is 12.8. The van der Waals surface area contributed by atoms with Gasteiger partial charge in [0.05, 0.1) is 0 Å². The van der Waals surface area contributed by atoms with Crippen LogP contribution in [0.5, 0.6) is 0 Å². The Hall–Kier alpha value is -3.32. The molecule has 5 aromatic rings. The third-order valence-electron chi connectivity index (χ3n) is 5.24. The standard InChI is InChI=1S/C25H19N/c1-26-24-10-6-5-9-22(24)23-17-21(15-16-25(23)26)20-13-11-19(12-14-20)18-7-3-2-4-8-18/h2-17H,1H3. The van der Waals surface area contributed by atoms with Crippen LogP contribution in [0.3, 0.4) is 0 Å². The number of nitrogens with zero attached hydrogens (tertiary/aromatic N) is 1. The van der Waals surface area contributed by atoms with Crippen molar-refractivity contribution in [2.45, 2.75) is 0 Å². The van der Waals surface area contributed by atoms with E-state index in [1.807, 2.05) is 0 Å². The lowest BCUT2D eigenvalue weighted by molar-refractivity contribution is 1.01. The average Bonchev–Trinajstić information content (AvgIpc) is 3.01. The minimum atomic E-state index is 1.25. The van der Waals surface area contributed by atoms with E-state index < -0.39 is 0 Å². The van der Waals surface area contributed by atoms with E-state index in [1.165, 1.54) is 44.1 Å². The first-order valence-corrected chi connectivity index (χ1v) is 8.94. The maximum atomic E-state index is 2.31. The number of hydrogen-bond donors (Lipinski definition) is 0. The van der Waals surface area contributed by atoms with Gasteiger partial charge in [-0.2, -0.15) is 0 Å². The molecule has 0 fully saturated rings. The van der Waals surface area contributed by atoms with Crippen molar-refractivity contribution in [1.82, 2.24) is 4.57 Å². The molecule has 0 spiro atoms. The first kappa shape index (κ1) is 15.0. The summed E-state index contributed by atoms with van der Waals surface area (Å²) >= 11 is 0. The van der Waals surface area contributed by atoms with Gasteiger partial charge in [-0.15, -0.1) is 0 Å². The maximum Gasteiger partial charge on any atom is 0.0489 e. The molecule has 0 unspecified atom stereocenters. The minimum Gasteiger partial charge on any atom is -0.344 e. The summed E-state index contributed by atoms with van der Waals surface area (Å²) in [5.41, 5.74) is 7.56. The van der Waals surface area contributed by atoms with Gasteiger partial charge in [0.1, 0.15) is 0 Å². The van der Waals surface area contributed by atoms with Gasteiger partial charge in [-0.05, 0) is 40.5 Å². The second-order valence-electron chi connectivity index (χ2n) is 6.75. The molecule has 1 heteroatoms. The van der Waals surface area contributed by atoms with Crippen LogP contribution in [0.4, 0.5) is 0 Å². The number of aryl methyl sites for hydroxylation is 1. The van der Waals surface area contributed by atoms with Crippen LogP contribution in [0.25, 0.3) is 44.1 Å². The smallest absolute Gasteiger partial charge is 0.0489 e. The summed E-state index contributed by atoms with van der Waals surface area (Å²) in [5, 5.41) is 2.63. The molecule has 0 atom stereocenters. The second-order valence-corrected chi connectivity index (χ2v) is 6.75. The second kappa shape index (κ2) is 5.89. The van der Waals surface area contributed by atoms with Crippen molar-refractivity contribution in [1.29, 1.82) is 0 Å². The Morgan fingerprint density at radius 2 is 1.00 bits per heavy atom. The summed E-state index contributed by atoms with van der Waals surface area (Å²) in [7, 11) is 2.14. The molecule has 0 amide bonds. The van der Waals surface area contributed by atoms with Crippen molar-refractivity contribution in [3.63, 3.8) is 0 Å². The third-order valence-corrected chi connectivity index (χ3v) is 5.24. The molecule has 0 saturated heterocycles. The van der Waals surface area contributed by atoms with E-state index in [0.717, 1.165) is 0 Å². The molecule has 0 bridgehead atoms. The van der Waals surface area contributed by atoms with Crippen molar-refractivity contribution < 1.29 is 0 Å². The molecule has 1 heterocycles. The highest BCUT2D eigenvalue weighted by molar-refractivity contribution is 6.09. The van der Waals surface area contributed by atoms with Gasteiger partial charge in [-0.1, -0.05) is 78.9 Å². The molecule has 5 rings (SSSR count). The summed E-state index contributed by atoms with van der Waals surface area (Å²) in [5.74, 6) is 0. The molecule has 1 nitrogen and oxygen atoms in total. The largest absolute Gasteiger partial charge is 0.344 e. The number of aromatic nitrogens is 1. The van der Waals surface area contributed by atoms with Crippen LogP contribution in [0.1, 0.15) is 0 Å². The van der Waals surface area contributed by atoms with Gasteiger partial charge in [0, 0.05) is 28.9 Å². The Kier molecular flexibility index (Phi) is 3.39. The van der Waals surface area contributed by atoms with Crippen LogP contribution in [0.2, 0.25) is 0 Å². The topological polar surface area (TPSA) is 4.93 Å². The van der Waals surface area contributed by atoms with Crippen molar-refractivity contribution in [3.05, 3.63) is 97.1 Å². The first-order valence-electron chi connectivity index (χ1n) is 8.94. The Balaban J connectivity index is 1.62. The molecule has 0 saturated carbocycles. The quantitative estimate of drug-likeness (QED) is 0.340. The van der Waals surface area contributed by atoms with E-state index in [-0.39, 0.29) is 0 Å². The molecule has 26 heavy (non-hydrogen) atoms. The predicted molar refractivity (Wildman–Crippen MR) is 111 cm³/mol. The lowest BCUT2D eigenvalue weighted by Gasteiger charge is -2.06. The van der Waals surface area contributed by atoms with Gasteiger partial charge >= 0.3 is 0 Å². The molecule has 1 aromatic heterocycles. The van der Waals surface area contributed by atoms with E-state index >= 15 is 0 Å². The van der Waals surface area contributed by atoms with Gasteiger partial charge < -0.3 is 4.57 Å². The Morgan fingerprint density at radius 1 is 0.462 bits per heavy atom. The molecule has 4 aromatic carbocycles. The van der Waals surface area contributed by atoms with Crippen LogP contribution in [-0.2, 0) is 7.05 Å². The van der Waals surface area contributed by atoms with Crippen LogP contribution < -0.4 is 0 Å². The highest BCUT2D eigenvalue weighted by atomic mass is 14.9. The molecular weight excluding hydrogens is 314 g/mol. The Morgan fingerprint density at radius 3 is 1.77 bits per heavy atom. The molecule has 0 aliphatic rings. The fourth-order valence-electron chi connectivity index (χ4n) is 3.83. The molecule has 0 aliphatic heterocycles. The predicted octanol–water partition coefficient (Wildman–Crippen LogP) is 6.67. The van der Waals surface area contributed by atoms with Gasteiger partial charge in [-0.25, -0.2) is 0 Å². The van der Waals surface area contributed by atoms with E-state index in [2.05, 4.69) is 109 Å². The van der Waals surface area contributed by atoms with Gasteiger partial charge in [-0.3, -0.25) is 0 Å². The van der Waals surface area contributed by atoms with E-state index in [4.69, 9.17) is 0 Å². The van der Waals surface area contributed by atoms with Crippen molar-refractivity contribution in [2.75, 3.05) is 0 Å². The molecule has 124 valence electrons. The van der Waals surface area contributed by atoms with E-state index in [0.29, 0.717) is 0 Å². The van der Waals surface area contributed by atoms with Gasteiger partial charge in [0.15, 0.2) is 0 Å². The zero-order valence-electron chi connectivity index (χ0n) is 14.7. The van der Waals surface area contributed by atoms with E-state index in [1.54, 1.807) is 0 Å². The zero-order valence-corrected chi connectivity index (χ0v) is 14.7. The van der Waals surface area contributed by atoms with Gasteiger partial charge in [0.25, 0.3) is 0 Å². The number of hydrogen-bond acceptors (Lipinski definition) is 0. The lowest BCUT2D eigenvalue weighted by atomic mass is 9.99. The Labute approximate surface area is 153 Å². The van der Waals surface area contributed by atoms with Crippen LogP contribution in [0, 0.1) is 0 Å². The third kappa shape index (κ3) is 2.33. The highest BCUT2D eigenvalue weighted by Gasteiger charge is 2.09. The van der Waals surface area contributed by atoms with E-state index in [9.17, 15) is 0 Å². The summed E-state index contributed by atoms with van der Waals surface area (Å²) in [6.45, 7) is 0. The van der Waals surface area contributed by atoms with Crippen LogP contribution in [0.15, 0.2) is 97.1 Å². The number of benzene rings is 4. The van der Waals surface area contributed by atoms with Crippen molar-refractivity contribution in [3.8, 4) is 22.3 Å². The van der Waals surface area contributed by atoms with Crippen molar-refractivity contribution >= 4 is 21.8 Å². The normalized spacial score (nSPS) is 11.3. The summed E-state index contributed by atoms with van der Waals surface area (Å²) < 4.78 is 2.27. The summed E-state index contributed by atoms with van der Waals surface area (Å²) in [6.07, 6.45) is 0. The number of fused-ring (bicyclic) bond motifs is 3. The summed E-state index contributed by atoms with van der Waals surface area (Å²) in [6, 6.07) is 34.7. The zero-order chi connectivity index (χ0) is 17.5. The van der Waals surface area contributed by atoms with Crippen LogP contribution >= 0.6 is 0 Å². The molecular formula is C25H19N. The minimum absolute atomic E-state index is 1.25. The summed E-state index contributed by atoms with van der Waals surface area (Å²) in [4.78, 5) is 0. The van der Waals surface area contributed by atoms with Crippen LogP contribution in [-0.4, -0.2) is 4.57 Å². The fraction of sp³-hybridized carbons (Fsp3) is 0.0400. The highest BCUT2D eigenvalue weighted by Crippen LogP contribution is 2.32. The molecule has 0 N–H and O–H groups in total. The van der Waals surface area contributed by atoms with Gasteiger partial charge in [0.2, 0.25) is 0 Å².